The summed E-state index contributed by atoms with van der Waals surface area (Å²) in [6.07, 6.45) is 0.724. The predicted octanol–water partition coefficient (Wildman–Crippen LogP) is 3.31. The van der Waals surface area contributed by atoms with Crippen LogP contribution in [-0.4, -0.2) is 22.8 Å². The first kappa shape index (κ1) is 14.1. The number of nitrogen functional groups attached to an aromatic ring is 1. The lowest BCUT2D eigenvalue weighted by atomic mass is 10.3. The Morgan fingerprint density at radius 2 is 2.32 bits per heavy atom. The second-order valence-corrected chi connectivity index (χ2v) is 6.45. The number of thiazole rings is 1. The van der Waals surface area contributed by atoms with Crippen molar-refractivity contribution in [1.29, 1.82) is 0 Å². The molecule has 0 amide bonds. The van der Waals surface area contributed by atoms with Crippen molar-refractivity contribution in [3.8, 4) is 0 Å². The van der Waals surface area contributed by atoms with Crippen LogP contribution in [0.15, 0.2) is 22.5 Å². The molecule has 0 radical (unpaired) electrons. The van der Waals surface area contributed by atoms with Gasteiger partial charge in [0.15, 0.2) is 4.34 Å². The highest BCUT2D eigenvalue weighted by Crippen LogP contribution is 2.34. The molecule has 1 unspecified atom stereocenters. The number of aromatic nitrogens is 1. The number of anilines is 1. The zero-order valence-corrected chi connectivity index (χ0v) is 12.5. The molecule has 0 aliphatic carbocycles. The largest absolute Gasteiger partial charge is 0.465 e. The third-order valence-electron chi connectivity index (χ3n) is 2.56. The Morgan fingerprint density at radius 1 is 1.53 bits per heavy atom. The minimum absolute atomic E-state index is 0.172. The molecule has 1 aromatic carbocycles. The fourth-order valence-corrected chi connectivity index (χ4v) is 3.91. The second-order valence-electron chi connectivity index (χ2n) is 3.97. The van der Waals surface area contributed by atoms with Crippen LogP contribution >= 0.6 is 23.1 Å². The van der Waals surface area contributed by atoms with Gasteiger partial charge in [-0.05, 0) is 31.5 Å². The molecule has 0 aliphatic heterocycles. The van der Waals surface area contributed by atoms with E-state index in [1.54, 1.807) is 11.3 Å². The standard InChI is InChI=1S/C13H16N2O2S2/c1-3-10(12(16)17-4-2)18-13-15-9-6-5-8(14)7-11(9)19-13/h5-7,10H,3-4,14H2,1-2H3. The summed E-state index contributed by atoms with van der Waals surface area (Å²) in [7, 11) is 0. The Bertz CT molecular complexity index is 583. The monoisotopic (exact) mass is 296 g/mol. The number of carbonyl (C=O) groups excluding carboxylic acids is 1. The van der Waals surface area contributed by atoms with Crippen molar-refractivity contribution in [1.82, 2.24) is 4.98 Å². The molecule has 1 heterocycles. The molecule has 0 aliphatic rings. The van der Waals surface area contributed by atoms with E-state index in [9.17, 15) is 4.79 Å². The lowest BCUT2D eigenvalue weighted by Gasteiger charge is -2.10. The van der Waals surface area contributed by atoms with Gasteiger partial charge in [-0.15, -0.1) is 11.3 Å². The third kappa shape index (κ3) is 3.39. The first-order valence-electron chi connectivity index (χ1n) is 6.13. The van der Waals surface area contributed by atoms with Gasteiger partial charge >= 0.3 is 5.97 Å². The maximum absolute atomic E-state index is 11.8. The highest BCUT2D eigenvalue weighted by Gasteiger charge is 2.20. The SMILES string of the molecule is CCOC(=O)C(CC)Sc1nc2ccc(N)cc2s1. The highest BCUT2D eigenvalue weighted by atomic mass is 32.2. The molecular weight excluding hydrogens is 280 g/mol. The van der Waals surface area contributed by atoms with E-state index in [0.717, 1.165) is 26.7 Å². The molecule has 19 heavy (non-hydrogen) atoms. The van der Waals surface area contributed by atoms with Crippen LogP contribution in [0.2, 0.25) is 0 Å². The van der Waals surface area contributed by atoms with E-state index < -0.39 is 0 Å². The summed E-state index contributed by atoms with van der Waals surface area (Å²) < 4.78 is 6.98. The van der Waals surface area contributed by atoms with Gasteiger partial charge in [-0.2, -0.15) is 0 Å². The molecule has 0 spiro atoms. The first-order chi connectivity index (χ1) is 9.13. The Labute approximate surface area is 120 Å². The minimum atomic E-state index is -0.196. The van der Waals surface area contributed by atoms with E-state index in [-0.39, 0.29) is 11.2 Å². The normalized spacial score (nSPS) is 12.5. The molecule has 2 N–H and O–H groups in total. The number of nitrogens with two attached hydrogens (primary N) is 1. The van der Waals surface area contributed by atoms with Gasteiger partial charge < -0.3 is 10.5 Å². The number of thioether (sulfide) groups is 1. The van der Waals surface area contributed by atoms with Crippen LogP contribution in [0.3, 0.4) is 0 Å². The smallest absolute Gasteiger partial charge is 0.319 e. The number of esters is 1. The topological polar surface area (TPSA) is 65.2 Å². The summed E-state index contributed by atoms with van der Waals surface area (Å²) in [5, 5.41) is -0.196. The number of hydrogen-bond acceptors (Lipinski definition) is 6. The molecule has 102 valence electrons. The summed E-state index contributed by atoms with van der Waals surface area (Å²) in [6, 6.07) is 5.64. The molecule has 0 fully saturated rings. The summed E-state index contributed by atoms with van der Waals surface area (Å²) in [5.41, 5.74) is 7.39. The van der Waals surface area contributed by atoms with Gasteiger partial charge in [0.05, 0.1) is 16.8 Å². The first-order valence-corrected chi connectivity index (χ1v) is 7.83. The van der Waals surface area contributed by atoms with Gasteiger partial charge in [-0.1, -0.05) is 18.7 Å². The molecule has 1 atom stereocenters. The van der Waals surface area contributed by atoms with E-state index in [1.165, 1.54) is 11.8 Å². The van der Waals surface area contributed by atoms with Crippen molar-refractivity contribution < 1.29 is 9.53 Å². The van der Waals surface area contributed by atoms with Crippen LogP contribution in [0.5, 0.6) is 0 Å². The van der Waals surface area contributed by atoms with Crippen molar-refractivity contribution in [3.63, 3.8) is 0 Å². The number of hydrogen-bond donors (Lipinski definition) is 1. The fraction of sp³-hybridized carbons (Fsp3) is 0.385. The van der Waals surface area contributed by atoms with Crippen LogP contribution < -0.4 is 5.73 Å². The molecule has 4 nitrogen and oxygen atoms in total. The number of benzene rings is 1. The number of carbonyl (C=O) groups is 1. The Balaban J connectivity index is 2.17. The summed E-state index contributed by atoms with van der Waals surface area (Å²) >= 11 is 3.02. The fourth-order valence-electron chi connectivity index (χ4n) is 1.63. The summed E-state index contributed by atoms with van der Waals surface area (Å²) in [4.78, 5) is 16.3. The quantitative estimate of drug-likeness (QED) is 0.521. The average Bonchev–Trinajstić information content (AvgIpc) is 2.77. The molecular formula is C13H16N2O2S2. The zero-order chi connectivity index (χ0) is 13.8. The van der Waals surface area contributed by atoms with E-state index in [0.29, 0.717) is 6.61 Å². The van der Waals surface area contributed by atoms with Crippen LogP contribution in [0.4, 0.5) is 5.69 Å². The Hall–Kier alpha value is -1.27. The lowest BCUT2D eigenvalue weighted by molar-refractivity contribution is -0.142. The summed E-state index contributed by atoms with van der Waals surface area (Å²) in [6.45, 7) is 4.20. The van der Waals surface area contributed by atoms with Crippen molar-refractivity contribution in [3.05, 3.63) is 18.2 Å². The van der Waals surface area contributed by atoms with Gasteiger partial charge in [-0.3, -0.25) is 4.79 Å². The van der Waals surface area contributed by atoms with Gasteiger partial charge in [0.1, 0.15) is 5.25 Å². The molecule has 0 saturated carbocycles. The van der Waals surface area contributed by atoms with Crippen LogP contribution in [0.25, 0.3) is 10.2 Å². The zero-order valence-electron chi connectivity index (χ0n) is 10.9. The van der Waals surface area contributed by atoms with Crippen LogP contribution in [-0.2, 0) is 9.53 Å². The molecule has 6 heteroatoms. The second kappa shape index (κ2) is 6.25. The van der Waals surface area contributed by atoms with Gasteiger partial charge in [0.2, 0.25) is 0 Å². The van der Waals surface area contributed by atoms with Crippen molar-refractivity contribution in [2.75, 3.05) is 12.3 Å². The molecule has 2 rings (SSSR count). The molecule has 0 saturated heterocycles. The minimum Gasteiger partial charge on any atom is -0.465 e. The Kier molecular flexibility index (Phi) is 4.66. The predicted molar refractivity (Wildman–Crippen MR) is 80.6 cm³/mol. The van der Waals surface area contributed by atoms with E-state index in [1.807, 2.05) is 32.0 Å². The van der Waals surface area contributed by atoms with Crippen molar-refractivity contribution in [2.45, 2.75) is 29.9 Å². The number of fused-ring (bicyclic) bond motifs is 1. The summed E-state index contributed by atoms with van der Waals surface area (Å²) in [5.74, 6) is -0.172. The highest BCUT2D eigenvalue weighted by molar-refractivity contribution is 8.02. The molecule has 0 bridgehead atoms. The third-order valence-corrected chi connectivity index (χ3v) is 5.01. The van der Waals surface area contributed by atoms with Gasteiger partial charge in [0, 0.05) is 5.69 Å². The van der Waals surface area contributed by atoms with E-state index in [2.05, 4.69) is 4.98 Å². The van der Waals surface area contributed by atoms with Crippen molar-refractivity contribution in [2.24, 2.45) is 0 Å². The maximum Gasteiger partial charge on any atom is 0.319 e. The van der Waals surface area contributed by atoms with E-state index >= 15 is 0 Å². The molecule has 2 aromatic rings. The number of ether oxygens (including phenoxy) is 1. The number of rotatable bonds is 5. The number of nitrogens with zero attached hydrogens (tertiary/aromatic N) is 1. The van der Waals surface area contributed by atoms with E-state index in [4.69, 9.17) is 10.5 Å². The average molecular weight is 296 g/mol. The molecule has 1 aromatic heterocycles. The van der Waals surface area contributed by atoms with Crippen molar-refractivity contribution >= 4 is 45.0 Å². The van der Waals surface area contributed by atoms with Gasteiger partial charge in [-0.25, -0.2) is 4.98 Å². The lowest BCUT2D eigenvalue weighted by Crippen LogP contribution is -2.19. The Morgan fingerprint density at radius 3 is 3.00 bits per heavy atom. The van der Waals surface area contributed by atoms with Gasteiger partial charge in [0.25, 0.3) is 0 Å². The maximum atomic E-state index is 11.8. The van der Waals surface area contributed by atoms with Crippen LogP contribution in [0, 0.1) is 0 Å². The van der Waals surface area contributed by atoms with Crippen LogP contribution in [0.1, 0.15) is 20.3 Å².